The molecule has 1 aliphatic carbocycles. The van der Waals surface area contributed by atoms with Crippen molar-refractivity contribution in [2.24, 2.45) is 0 Å². The summed E-state index contributed by atoms with van der Waals surface area (Å²) in [4.78, 5) is 44.4. The third kappa shape index (κ3) is 5.99. The maximum absolute atomic E-state index is 14.3. The molecular weight excluding hydrogens is 713 g/mol. The Morgan fingerprint density at radius 3 is 1.19 bits per heavy atom. The first-order valence-corrected chi connectivity index (χ1v) is 20.8. The second kappa shape index (κ2) is 14.5. The van der Waals surface area contributed by atoms with Gasteiger partial charge in [-0.1, -0.05) is 116 Å². The fourth-order valence-corrected chi connectivity index (χ4v) is 8.92. The first-order valence-electron chi connectivity index (χ1n) is 20.8. The van der Waals surface area contributed by atoms with E-state index in [0.717, 1.165) is 61.8 Å². The number of carbonyl (C=O) groups excluding carboxylic acids is 2. The van der Waals surface area contributed by atoms with Crippen LogP contribution in [0.15, 0.2) is 96.3 Å². The lowest BCUT2D eigenvalue weighted by molar-refractivity contribution is 0.0988. The van der Waals surface area contributed by atoms with E-state index < -0.39 is 0 Å². The van der Waals surface area contributed by atoms with E-state index in [1.165, 1.54) is 33.4 Å². The lowest BCUT2D eigenvalue weighted by Crippen LogP contribution is -2.26. The van der Waals surface area contributed by atoms with E-state index in [-0.39, 0.29) is 40.8 Å². The second-order valence-electron chi connectivity index (χ2n) is 17.4. The van der Waals surface area contributed by atoms with Gasteiger partial charge in [0.15, 0.2) is 23.2 Å². The molecule has 0 spiro atoms. The van der Waals surface area contributed by atoms with E-state index in [2.05, 4.69) is 129 Å². The van der Waals surface area contributed by atoms with Gasteiger partial charge >= 0.3 is 0 Å². The molecule has 0 atom stereocenters. The molecule has 0 radical (unpaired) electrons. The van der Waals surface area contributed by atoms with Gasteiger partial charge < -0.3 is 0 Å². The van der Waals surface area contributed by atoms with Crippen molar-refractivity contribution in [2.45, 2.75) is 107 Å². The zero-order valence-corrected chi connectivity index (χ0v) is 36.0. The predicted molar refractivity (Wildman–Crippen MR) is 241 cm³/mol. The summed E-state index contributed by atoms with van der Waals surface area (Å²) in [6, 6.07) is 24.8. The fraction of sp³-hybridized carbons (Fsp3) is 0.308. The lowest BCUT2D eigenvalue weighted by atomic mass is 9.91. The van der Waals surface area contributed by atoms with Gasteiger partial charge in [-0.2, -0.15) is 0 Å². The number of fused-ring (bicyclic) bond motifs is 4. The number of benzene rings is 5. The van der Waals surface area contributed by atoms with Gasteiger partial charge in [0.1, 0.15) is 5.82 Å². The third-order valence-corrected chi connectivity index (χ3v) is 12.5. The monoisotopic (exact) mass is 766 g/mol. The molecule has 8 rings (SSSR count). The fourth-order valence-electron chi connectivity index (χ4n) is 8.92. The Labute approximate surface area is 343 Å². The minimum Gasteiger partial charge on any atom is -0.288 e. The summed E-state index contributed by atoms with van der Waals surface area (Å²) in [5.74, 6) is 2.45. The molecule has 0 saturated carbocycles. The van der Waals surface area contributed by atoms with Gasteiger partial charge in [-0.25, -0.2) is 9.97 Å². The van der Waals surface area contributed by atoms with Crippen LogP contribution in [0.2, 0.25) is 0 Å². The molecule has 0 fully saturated rings. The standard InChI is InChI=1S/C52H54N4O2/c1-27(2)37-19-15-20-38(28(3)4)47(37)55-44(24-23-41-49(57)42-25-35-17-13-14-18-36(35)26-43(42)50(41)58)56(48-39(29(5)6)21-16-22-40(48)30(7)8)52-51(55)53-45-33(11)31(9)32(10)34(12)46(45)54-52/h13-30H,1-12H3. The minimum absolute atomic E-state index is 0.153. The Balaban J connectivity index is 1.52. The summed E-state index contributed by atoms with van der Waals surface area (Å²) in [7, 11) is 0. The van der Waals surface area contributed by atoms with Crippen molar-refractivity contribution >= 4 is 56.4 Å². The molecule has 2 heterocycles. The van der Waals surface area contributed by atoms with Crippen LogP contribution < -0.4 is 9.80 Å². The molecule has 6 nitrogen and oxygen atoms in total. The maximum atomic E-state index is 14.3. The molecule has 0 amide bonds. The summed E-state index contributed by atoms with van der Waals surface area (Å²) < 4.78 is 0. The van der Waals surface area contributed by atoms with Crippen LogP contribution in [0.3, 0.4) is 0 Å². The highest BCUT2D eigenvalue weighted by Crippen LogP contribution is 2.54. The van der Waals surface area contributed by atoms with Crippen LogP contribution in [0.5, 0.6) is 0 Å². The molecule has 0 N–H and O–H groups in total. The lowest BCUT2D eigenvalue weighted by Gasteiger charge is -2.32. The largest absolute Gasteiger partial charge is 0.288 e. The van der Waals surface area contributed by atoms with Gasteiger partial charge in [-0.15, -0.1) is 0 Å². The van der Waals surface area contributed by atoms with E-state index in [1.807, 2.05) is 42.5 Å². The van der Waals surface area contributed by atoms with Crippen LogP contribution in [0.4, 0.5) is 23.0 Å². The van der Waals surface area contributed by atoms with Gasteiger partial charge in [0, 0.05) is 11.1 Å². The third-order valence-electron chi connectivity index (χ3n) is 12.5. The van der Waals surface area contributed by atoms with Crippen LogP contribution in [-0.4, -0.2) is 21.5 Å². The van der Waals surface area contributed by atoms with Crippen molar-refractivity contribution in [1.82, 2.24) is 9.97 Å². The summed E-state index contributed by atoms with van der Waals surface area (Å²) in [5.41, 5.74) is 14.3. The molecule has 0 bridgehead atoms. The molecule has 58 heavy (non-hydrogen) atoms. The van der Waals surface area contributed by atoms with Gasteiger partial charge in [0.25, 0.3) is 0 Å². The van der Waals surface area contributed by atoms with Crippen molar-refractivity contribution in [3.05, 3.63) is 152 Å². The number of para-hydroxylation sites is 2. The molecule has 2 aliphatic rings. The number of ketones is 2. The Morgan fingerprint density at radius 2 is 0.845 bits per heavy atom. The highest BCUT2D eigenvalue weighted by molar-refractivity contribution is 6.40. The van der Waals surface area contributed by atoms with E-state index >= 15 is 0 Å². The molecule has 1 aliphatic heterocycles. The molecule has 6 heteroatoms. The highest BCUT2D eigenvalue weighted by atomic mass is 16.2. The normalized spacial score (nSPS) is 14.1. The number of nitrogens with zero attached hydrogens (tertiary/aromatic N) is 4. The molecular formula is C52H54N4O2. The van der Waals surface area contributed by atoms with Crippen molar-refractivity contribution in [3.63, 3.8) is 0 Å². The Morgan fingerprint density at radius 1 is 0.483 bits per heavy atom. The zero-order chi connectivity index (χ0) is 41.5. The molecule has 1 aromatic heterocycles. The highest BCUT2D eigenvalue weighted by Gasteiger charge is 2.42. The molecule has 0 unspecified atom stereocenters. The van der Waals surface area contributed by atoms with Gasteiger partial charge in [0.05, 0.1) is 28.0 Å². The van der Waals surface area contributed by atoms with E-state index in [9.17, 15) is 9.59 Å². The first kappa shape index (κ1) is 39.0. The van der Waals surface area contributed by atoms with Gasteiger partial charge in [-0.05, 0) is 131 Å². The van der Waals surface area contributed by atoms with E-state index in [1.54, 1.807) is 6.08 Å². The van der Waals surface area contributed by atoms with Crippen LogP contribution in [0, 0.1) is 27.7 Å². The summed E-state index contributed by atoms with van der Waals surface area (Å²) in [6.45, 7) is 26.5. The number of aromatic nitrogens is 2. The number of anilines is 4. The molecule has 294 valence electrons. The van der Waals surface area contributed by atoms with Gasteiger partial charge in [-0.3, -0.25) is 19.4 Å². The number of hydrogen-bond donors (Lipinski definition) is 0. The second-order valence-corrected chi connectivity index (χ2v) is 17.4. The number of hydrogen-bond acceptors (Lipinski definition) is 6. The average Bonchev–Trinajstić information content (AvgIpc) is 3.63. The summed E-state index contributed by atoms with van der Waals surface area (Å²) in [5, 5.41) is 1.87. The Bertz CT molecular complexity index is 2550. The Hall–Kier alpha value is -5.88. The van der Waals surface area contributed by atoms with Crippen LogP contribution in [0.25, 0.3) is 21.8 Å². The first-order chi connectivity index (χ1) is 27.6. The van der Waals surface area contributed by atoms with Crippen LogP contribution >= 0.6 is 0 Å². The number of Topliss-reactive ketones (excluding diaryl/α,β-unsaturated/α-hetero) is 2. The number of allylic oxidation sites excluding steroid dienone is 3. The van der Waals surface area contributed by atoms with Crippen LogP contribution in [0.1, 0.15) is 144 Å². The average molecular weight is 767 g/mol. The number of carbonyl (C=O) groups is 2. The quantitative estimate of drug-likeness (QED) is 0.119. The summed E-state index contributed by atoms with van der Waals surface area (Å²) >= 11 is 0. The molecule has 0 saturated heterocycles. The van der Waals surface area contributed by atoms with Crippen LogP contribution in [-0.2, 0) is 0 Å². The van der Waals surface area contributed by atoms with Crippen molar-refractivity contribution < 1.29 is 9.59 Å². The van der Waals surface area contributed by atoms with Gasteiger partial charge in [0.2, 0.25) is 0 Å². The van der Waals surface area contributed by atoms with Crippen molar-refractivity contribution in [1.29, 1.82) is 0 Å². The van der Waals surface area contributed by atoms with Crippen molar-refractivity contribution in [3.8, 4) is 0 Å². The maximum Gasteiger partial charge on any atom is 0.197 e. The molecule has 6 aromatic rings. The topological polar surface area (TPSA) is 66.4 Å². The zero-order valence-electron chi connectivity index (χ0n) is 36.0. The predicted octanol–water partition coefficient (Wildman–Crippen LogP) is 13.6. The SMILES string of the molecule is Cc1c(C)c(C)c2nc3c(nc2c1C)N(c1c(C(C)C)cccc1C(C)C)C(=CC=C1C(=O)c2cc4ccccc4cc2C1=O)N3c1c(C(C)C)cccc1C(C)C. The molecule has 5 aromatic carbocycles. The number of aryl methyl sites for hydroxylation is 2. The summed E-state index contributed by atoms with van der Waals surface area (Å²) in [6.07, 6.45) is 3.73. The smallest absolute Gasteiger partial charge is 0.197 e. The minimum atomic E-state index is -0.258. The van der Waals surface area contributed by atoms with E-state index in [0.29, 0.717) is 11.1 Å². The van der Waals surface area contributed by atoms with E-state index in [4.69, 9.17) is 9.97 Å². The number of rotatable bonds is 7. The van der Waals surface area contributed by atoms with Crippen molar-refractivity contribution in [2.75, 3.05) is 9.80 Å². The Kier molecular flexibility index (Phi) is 9.74.